The van der Waals surface area contributed by atoms with Crippen molar-refractivity contribution >= 4 is 34.5 Å². The molecule has 1 atom stereocenters. The molecule has 2 heterocycles. The molecule has 0 radical (unpaired) electrons. The second-order valence-corrected chi connectivity index (χ2v) is 8.18. The van der Waals surface area contributed by atoms with Crippen LogP contribution in [0.15, 0.2) is 66.3 Å². The van der Waals surface area contributed by atoms with Crippen LogP contribution < -0.4 is 16.4 Å². The van der Waals surface area contributed by atoms with Crippen LogP contribution in [0.4, 0.5) is 5.82 Å². The second-order valence-electron chi connectivity index (χ2n) is 8.18. The molecule has 4 N–H and O–H groups in total. The molecule has 0 bridgehead atoms. The summed E-state index contributed by atoms with van der Waals surface area (Å²) < 4.78 is 4.91. The summed E-state index contributed by atoms with van der Waals surface area (Å²) in [5, 5.41) is 6.97. The van der Waals surface area contributed by atoms with E-state index in [1.165, 1.54) is 24.7 Å². The predicted octanol–water partition coefficient (Wildman–Crippen LogP) is 3.13. The van der Waals surface area contributed by atoms with Crippen molar-refractivity contribution in [2.24, 2.45) is 5.73 Å². The number of pyridine rings is 1. The second kappa shape index (κ2) is 10.8. The first-order valence-corrected chi connectivity index (χ1v) is 11.5. The number of carbonyl (C=O) groups excluding carboxylic acids is 3. The fourth-order valence-corrected chi connectivity index (χ4v) is 3.91. The molecule has 10 heteroatoms. The summed E-state index contributed by atoms with van der Waals surface area (Å²) in [6.45, 7) is 3.96. The quantitative estimate of drug-likeness (QED) is 0.411. The van der Waals surface area contributed by atoms with Gasteiger partial charge in [0.15, 0.2) is 0 Å². The van der Waals surface area contributed by atoms with E-state index in [4.69, 9.17) is 10.5 Å². The topological polar surface area (TPSA) is 149 Å². The summed E-state index contributed by atoms with van der Waals surface area (Å²) in [7, 11) is 0. The maximum atomic E-state index is 12.7. The minimum Gasteiger partial charge on any atom is -0.461 e. The van der Waals surface area contributed by atoms with Gasteiger partial charge in [-0.3, -0.25) is 9.59 Å². The molecule has 4 rings (SSSR count). The molecule has 1 aromatic carbocycles. The van der Waals surface area contributed by atoms with Crippen molar-refractivity contribution < 1.29 is 19.1 Å². The van der Waals surface area contributed by atoms with Crippen LogP contribution in [0, 0.1) is 0 Å². The molecule has 2 aromatic heterocycles. The Labute approximate surface area is 207 Å². The minimum absolute atomic E-state index is 0.105. The average molecular weight is 487 g/mol. The van der Waals surface area contributed by atoms with Crippen LogP contribution in [0.1, 0.15) is 57.9 Å². The van der Waals surface area contributed by atoms with Gasteiger partial charge in [-0.2, -0.15) is 0 Å². The van der Waals surface area contributed by atoms with Crippen molar-refractivity contribution in [2.75, 3.05) is 11.9 Å². The van der Waals surface area contributed by atoms with E-state index in [1.807, 2.05) is 25.1 Å². The van der Waals surface area contributed by atoms with E-state index in [0.29, 0.717) is 33.5 Å². The van der Waals surface area contributed by atoms with Crippen LogP contribution in [0.2, 0.25) is 0 Å². The van der Waals surface area contributed by atoms with Crippen LogP contribution in [0.25, 0.3) is 10.9 Å². The smallest absolute Gasteiger partial charge is 0.356 e. The van der Waals surface area contributed by atoms with Crippen LogP contribution in [0.3, 0.4) is 0 Å². The average Bonchev–Trinajstić information content (AvgIpc) is 2.89. The zero-order valence-corrected chi connectivity index (χ0v) is 19.9. The van der Waals surface area contributed by atoms with Gasteiger partial charge in [-0.15, -0.1) is 0 Å². The number of hydrogen-bond acceptors (Lipinski definition) is 8. The van der Waals surface area contributed by atoms with Crippen LogP contribution in [-0.4, -0.2) is 45.4 Å². The molecule has 1 aliphatic rings. The number of anilines is 1. The number of esters is 1. The highest BCUT2D eigenvalue weighted by Gasteiger charge is 2.18. The van der Waals surface area contributed by atoms with Gasteiger partial charge >= 0.3 is 5.97 Å². The molecular formula is C26H26N6O4. The number of ether oxygens (including phenoxy) is 1. The van der Waals surface area contributed by atoms with Gasteiger partial charge < -0.3 is 21.1 Å². The highest BCUT2D eigenvalue weighted by Crippen LogP contribution is 2.26. The van der Waals surface area contributed by atoms with Crippen molar-refractivity contribution in [1.29, 1.82) is 0 Å². The van der Waals surface area contributed by atoms with Gasteiger partial charge in [-0.25, -0.2) is 19.7 Å². The Kier molecular flexibility index (Phi) is 7.33. The third kappa shape index (κ3) is 5.38. The first-order valence-electron chi connectivity index (χ1n) is 11.5. The van der Waals surface area contributed by atoms with E-state index in [0.717, 1.165) is 18.4 Å². The first-order chi connectivity index (χ1) is 17.4. The third-order valence-electron chi connectivity index (χ3n) is 5.75. The Morgan fingerprint density at radius 3 is 2.69 bits per heavy atom. The zero-order valence-electron chi connectivity index (χ0n) is 19.9. The van der Waals surface area contributed by atoms with Gasteiger partial charge in [0.25, 0.3) is 11.8 Å². The summed E-state index contributed by atoms with van der Waals surface area (Å²) >= 11 is 0. The molecule has 0 unspecified atom stereocenters. The molecule has 2 amide bonds. The molecule has 36 heavy (non-hydrogen) atoms. The molecular weight excluding hydrogens is 460 g/mol. The van der Waals surface area contributed by atoms with Gasteiger partial charge in [-0.05, 0) is 62.6 Å². The number of nitrogens with two attached hydrogens (primary N) is 1. The minimum atomic E-state index is -0.551. The number of primary amides is 1. The van der Waals surface area contributed by atoms with E-state index >= 15 is 0 Å². The fourth-order valence-electron chi connectivity index (χ4n) is 3.91. The highest BCUT2D eigenvalue weighted by atomic mass is 16.5. The number of para-hydroxylation sites is 1. The Morgan fingerprint density at radius 2 is 1.97 bits per heavy atom. The summed E-state index contributed by atoms with van der Waals surface area (Å²) in [4.78, 5) is 48.8. The Bertz CT molecular complexity index is 1380. The summed E-state index contributed by atoms with van der Waals surface area (Å²) in [6.07, 6.45) is 8.18. The third-order valence-corrected chi connectivity index (χ3v) is 5.75. The van der Waals surface area contributed by atoms with Crippen LogP contribution in [0.5, 0.6) is 0 Å². The van der Waals surface area contributed by atoms with Crippen molar-refractivity contribution in [1.82, 2.24) is 20.3 Å². The lowest BCUT2D eigenvalue weighted by Crippen LogP contribution is -2.26. The van der Waals surface area contributed by atoms with E-state index in [9.17, 15) is 14.4 Å². The maximum Gasteiger partial charge on any atom is 0.356 e. The standard InChI is InChI=1S/C26H26N6O4/c1-3-36-26(35)21-11-10-17(13-28-21)25(34)32-18-7-4-6-16(12-18)15(2)31-24-20-9-5-8-19(23(27)33)22(20)29-14-30-24/h5,7-15H,3-4,6H2,1-2H3,(H2,27,33)(H,32,34)(H,29,30,31)/t15-/m0/s1. The number of nitrogens with zero attached hydrogens (tertiary/aromatic N) is 3. The monoisotopic (exact) mass is 486 g/mol. The maximum absolute atomic E-state index is 12.7. The van der Waals surface area contributed by atoms with Crippen LogP contribution in [-0.2, 0) is 4.74 Å². The highest BCUT2D eigenvalue weighted by molar-refractivity contribution is 6.07. The molecule has 1 aliphatic carbocycles. The Morgan fingerprint density at radius 1 is 1.14 bits per heavy atom. The Hall–Kier alpha value is -4.60. The van der Waals surface area contributed by atoms with Crippen molar-refractivity contribution in [3.63, 3.8) is 0 Å². The number of amides is 2. The number of allylic oxidation sites excluding steroid dienone is 2. The molecule has 3 aromatic rings. The van der Waals surface area contributed by atoms with Crippen molar-refractivity contribution in [3.05, 3.63) is 83.1 Å². The van der Waals surface area contributed by atoms with E-state index in [-0.39, 0.29) is 24.2 Å². The van der Waals surface area contributed by atoms with E-state index in [2.05, 4.69) is 25.6 Å². The summed E-state index contributed by atoms with van der Waals surface area (Å²) in [6, 6.07) is 8.10. The number of benzene rings is 1. The lowest BCUT2D eigenvalue weighted by Gasteiger charge is -2.22. The number of rotatable bonds is 8. The van der Waals surface area contributed by atoms with Crippen molar-refractivity contribution in [2.45, 2.75) is 32.7 Å². The molecule has 0 saturated carbocycles. The Balaban J connectivity index is 1.46. The SMILES string of the molecule is CCOC(=O)c1ccc(C(=O)NC2=CCCC([C@H](C)Nc3ncnc4c(C(N)=O)cccc34)=C2)cn1. The normalized spacial score (nSPS) is 13.8. The number of carbonyl (C=O) groups is 3. The fraction of sp³-hybridized carbons (Fsp3) is 0.231. The predicted molar refractivity (Wildman–Crippen MR) is 134 cm³/mol. The van der Waals surface area contributed by atoms with Gasteiger partial charge in [0, 0.05) is 23.3 Å². The van der Waals surface area contributed by atoms with E-state index < -0.39 is 11.9 Å². The zero-order chi connectivity index (χ0) is 25.7. The number of hydrogen-bond donors (Lipinski definition) is 3. The van der Waals surface area contributed by atoms with Gasteiger partial charge in [0.1, 0.15) is 17.8 Å². The van der Waals surface area contributed by atoms with E-state index in [1.54, 1.807) is 19.1 Å². The first kappa shape index (κ1) is 24.5. The largest absolute Gasteiger partial charge is 0.461 e. The van der Waals surface area contributed by atoms with Gasteiger partial charge in [0.05, 0.1) is 23.3 Å². The lowest BCUT2D eigenvalue weighted by atomic mass is 9.97. The van der Waals surface area contributed by atoms with Crippen LogP contribution >= 0.6 is 0 Å². The number of nitrogens with one attached hydrogen (secondary N) is 2. The molecule has 0 aliphatic heterocycles. The molecule has 0 spiro atoms. The molecule has 10 nitrogen and oxygen atoms in total. The van der Waals surface area contributed by atoms with Gasteiger partial charge in [-0.1, -0.05) is 12.1 Å². The summed E-state index contributed by atoms with van der Waals surface area (Å²) in [5.41, 5.74) is 8.52. The van der Waals surface area contributed by atoms with Crippen molar-refractivity contribution in [3.8, 4) is 0 Å². The summed E-state index contributed by atoms with van der Waals surface area (Å²) in [5.74, 6) is -0.826. The lowest BCUT2D eigenvalue weighted by molar-refractivity contribution is 0.0519. The number of fused-ring (bicyclic) bond motifs is 1. The molecule has 0 saturated heterocycles. The van der Waals surface area contributed by atoms with Gasteiger partial charge in [0.2, 0.25) is 0 Å². The molecule has 0 fully saturated rings. The number of aromatic nitrogens is 3. The molecule has 184 valence electrons.